The minimum atomic E-state index is -1.59. The molecule has 15 unspecified atom stereocenters. The van der Waals surface area contributed by atoms with Gasteiger partial charge in [0, 0.05) is 11.9 Å². The second-order valence-electron chi connectivity index (χ2n) is 14.9. The number of aliphatic carboxylic acids is 15. The second-order valence-corrected chi connectivity index (χ2v) is 14.9. The van der Waals surface area contributed by atoms with Gasteiger partial charge in [-0.15, -0.1) is 0 Å². The van der Waals surface area contributed by atoms with Crippen LogP contribution in [0.3, 0.4) is 0 Å². The van der Waals surface area contributed by atoms with Crippen LogP contribution in [0.5, 0.6) is 0 Å². The summed E-state index contributed by atoms with van der Waals surface area (Å²) in [6.07, 6.45) is -20.6. The molecule has 0 aromatic rings. The largest absolute Gasteiger partial charge is 4.00 e. The number of carboxylic acids is 15. The Bertz CT molecular complexity index is 1440. The molecule has 0 radical (unpaired) electrons. The number of carbonyl (C=O) groups excluding carboxylic acids is 15. The zero-order chi connectivity index (χ0) is 77.3. The molecule has 0 aliphatic rings. The number of carboxylic acid groups (broad SMARTS) is 15. The maximum atomic E-state index is 9.56. The van der Waals surface area contributed by atoms with E-state index in [0.717, 1.165) is 104 Å². The fourth-order valence-electron chi connectivity index (χ4n) is 0. The van der Waals surface area contributed by atoms with Crippen molar-refractivity contribution >= 4 is 89.5 Å². The Kier molecular flexibility index (Phi) is 186. The average molecular weight is 1640 g/mol. The van der Waals surface area contributed by atoms with Crippen molar-refractivity contribution in [2.45, 2.75) is 195 Å². The van der Waals surface area contributed by atoms with Gasteiger partial charge in [0.2, 0.25) is 0 Å². The van der Waals surface area contributed by atoms with E-state index in [1.54, 1.807) is 0 Å². The summed E-state index contributed by atoms with van der Waals surface area (Å²) in [7, 11) is 0. The van der Waals surface area contributed by atoms with Crippen LogP contribution >= 0.6 is 0 Å². The van der Waals surface area contributed by atoms with Crippen LogP contribution in [0, 0.1) is 0 Å². The smallest absolute Gasteiger partial charge is 0.848 e. The summed E-state index contributed by atoms with van der Waals surface area (Å²) in [5.41, 5.74) is 0. The summed E-state index contributed by atoms with van der Waals surface area (Å²) in [5, 5.41) is 263. The molecule has 0 bridgehead atoms. The molecule has 0 saturated carbocycles. The van der Waals surface area contributed by atoms with Crippen LogP contribution in [0.15, 0.2) is 0 Å². The fourth-order valence-corrected chi connectivity index (χ4v) is 0. The standard InChI is InChI=1S/13C3H6O3.2C3H5O3.3K.2Na.3Ti/c15*1-2(4)3(5)6;;;;;;;;/h13*2,4H,1H3,(H,5,6);2*2H,1H3,(H,5,6);;;;;;;;/q;;;;;;;;;;;;;2*-1;5*+1;3*+4/p-15. The molecule has 540 valence electrons. The maximum Gasteiger partial charge on any atom is 4.00 e. The molecule has 0 aromatic carbocycles. The van der Waals surface area contributed by atoms with Gasteiger partial charge in [-0.2, -0.15) is 0 Å². The van der Waals surface area contributed by atoms with Crippen LogP contribution < -0.4 is 300 Å². The van der Waals surface area contributed by atoms with Crippen LogP contribution in [0.1, 0.15) is 104 Å². The summed E-state index contributed by atoms with van der Waals surface area (Å²) in [4.78, 5) is 140. The minimum Gasteiger partial charge on any atom is -0.848 e. The molecular weight excluding hydrogens is 1570 g/mol. The van der Waals surface area contributed by atoms with Crippen molar-refractivity contribution in [1.82, 2.24) is 0 Å². The minimum absolute atomic E-state index is 0. The molecule has 0 saturated heterocycles. The van der Waals surface area contributed by atoms with Gasteiger partial charge in [0.1, 0.15) is 0 Å². The predicted molar refractivity (Wildman–Crippen MR) is 246 cm³/mol. The van der Waals surface area contributed by atoms with Gasteiger partial charge in [-0.05, 0) is 90.0 Å². The molecule has 0 heterocycles. The summed E-state index contributed by atoms with van der Waals surface area (Å²) >= 11 is 0. The van der Waals surface area contributed by atoms with Gasteiger partial charge in [-0.25, -0.2) is 0 Å². The van der Waals surface area contributed by atoms with E-state index < -0.39 is 181 Å². The maximum absolute atomic E-state index is 9.56. The molecule has 0 fully saturated rings. The van der Waals surface area contributed by atoms with E-state index in [1.807, 2.05) is 0 Å². The van der Waals surface area contributed by atoms with Crippen molar-refractivity contribution in [3.63, 3.8) is 0 Å². The van der Waals surface area contributed by atoms with E-state index in [9.17, 15) is 159 Å². The average Bonchev–Trinajstić information content (AvgIpc) is 3.36. The van der Waals surface area contributed by atoms with Crippen molar-refractivity contribution in [2.75, 3.05) is 0 Å². The van der Waals surface area contributed by atoms with E-state index in [4.69, 9.17) is 66.4 Å². The summed E-state index contributed by atoms with van der Waals surface area (Å²) in [6.45, 7) is 16.8. The van der Waals surface area contributed by atoms with E-state index >= 15 is 0 Å². The molecule has 0 spiro atoms. The SMILES string of the molecule is CC(O)C(=O)[O-].CC(O)C(=O)[O-].CC(O)C(=O)[O-].CC(O)C(=O)[O-].CC(O)C(=O)[O-].CC(O)C(=O)[O-].CC(O)C(=O)[O-].CC(O)C(=O)[O-].CC(O)C(=O)[O-].CC(O)C(=O)[O-].CC(O)C(=O)[O-].CC(O)C(=O)[O-].CC(O)C(=O)[O-].CC([O-])C(=O)[O-].CC([O-])C(=O)[O-].[K+].[K+].[K+].[Na+].[Na+].[Ti+4].[Ti+4].[Ti+4]. The Morgan fingerprint density at radius 1 is 0.173 bits per heavy atom. The molecule has 45 nitrogen and oxygen atoms in total. The monoisotopic (exact) mass is 1640 g/mol. The molecule has 0 rings (SSSR count). The van der Waals surface area contributed by atoms with Gasteiger partial charge in [0.25, 0.3) is 0 Å². The molecule has 98 heavy (non-hydrogen) atoms. The Labute approximate surface area is 776 Å². The Balaban J connectivity index is -0.0000000291. The van der Waals surface area contributed by atoms with Crippen LogP contribution in [0.25, 0.3) is 0 Å². The van der Waals surface area contributed by atoms with Crippen LogP contribution in [-0.4, -0.2) is 247 Å². The Hall–Kier alpha value is 0.502. The Morgan fingerprint density at radius 2 is 0.194 bits per heavy atom. The first-order valence-corrected chi connectivity index (χ1v) is 22.9. The van der Waals surface area contributed by atoms with Crippen LogP contribution in [0.2, 0.25) is 0 Å². The van der Waals surface area contributed by atoms with E-state index in [0.29, 0.717) is 0 Å². The van der Waals surface area contributed by atoms with Gasteiger partial charge in [0.15, 0.2) is 0 Å². The van der Waals surface area contributed by atoms with Crippen LogP contribution in [-0.2, 0) is 137 Å². The first-order valence-electron chi connectivity index (χ1n) is 22.9. The number of aliphatic hydroxyl groups is 13. The quantitative estimate of drug-likeness (QED) is 0.0677. The third kappa shape index (κ3) is 240. The number of hydrogen-bond donors (Lipinski definition) is 13. The molecule has 53 heteroatoms. The first-order chi connectivity index (χ1) is 39.6. The summed E-state index contributed by atoms with van der Waals surface area (Å²) in [5.74, 6) is -21.7. The summed E-state index contributed by atoms with van der Waals surface area (Å²) < 4.78 is 0. The number of aliphatic hydroxyl groups excluding tert-OH is 13. The van der Waals surface area contributed by atoms with Crippen molar-refractivity contribution in [3.05, 3.63) is 0 Å². The zero-order valence-corrected chi connectivity index (χ0v) is 74.6. The van der Waals surface area contributed by atoms with E-state index in [2.05, 4.69) is 0 Å². The van der Waals surface area contributed by atoms with E-state index in [-0.39, 0.29) is 278 Å². The molecule has 13 N–H and O–H groups in total. The van der Waals surface area contributed by atoms with E-state index in [1.165, 1.54) is 0 Å². The zero-order valence-electron chi connectivity index (χ0n) is 56.5. The van der Waals surface area contributed by atoms with Gasteiger partial charge in [-0.1, -0.05) is 26.1 Å². The molecule has 0 aliphatic heterocycles. The normalized spacial score (nSPS) is 12.6. The fraction of sp³-hybridized carbons (Fsp3) is 0.667. The van der Waals surface area contributed by atoms with Gasteiger partial charge < -0.3 is 225 Å². The van der Waals surface area contributed by atoms with Gasteiger partial charge in [-0.3, -0.25) is 0 Å². The Morgan fingerprint density at radius 3 is 0.194 bits per heavy atom. The summed E-state index contributed by atoms with van der Waals surface area (Å²) in [6, 6.07) is 0. The first kappa shape index (κ1) is 164. The van der Waals surface area contributed by atoms with Gasteiger partial charge in [0.05, 0.1) is 157 Å². The van der Waals surface area contributed by atoms with Crippen molar-refractivity contribution in [1.29, 1.82) is 0 Å². The van der Waals surface area contributed by atoms with Gasteiger partial charge >= 0.3 is 278 Å². The molecule has 0 aliphatic carbocycles. The number of hydrogen-bond acceptors (Lipinski definition) is 45. The third-order valence-corrected chi connectivity index (χ3v) is 5.10. The molecule has 0 aromatic heterocycles. The van der Waals surface area contributed by atoms with Crippen molar-refractivity contribution < 1.29 is 504 Å². The molecule has 0 amide bonds. The van der Waals surface area contributed by atoms with Crippen molar-refractivity contribution in [3.8, 4) is 0 Å². The second kappa shape index (κ2) is 111. The number of carbonyl (C=O) groups is 15. The third-order valence-electron chi connectivity index (χ3n) is 5.10. The predicted octanol–water partition coefficient (Wildman–Crippen LogP) is -44.5. The molecular formula is C45H73K3Na2O45Ti3. The molecule has 15 atom stereocenters. The van der Waals surface area contributed by atoms with Crippen molar-refractivity contribution in [2.24, 2.45) is 0 Å². The number of rotatable bonds is 15. The topological polar surface area (TPSA) is 911 Å². The van der Waals surface area contributed by atoms with Crippen LogP contribution in [0.4, 0.5) is 0 Å².